The Kier molecular flexibility index (Phi) is 4.56. The predicted molar refractivity (Wildman–Crippen MR) is 89.3 cm³/mol. The summed E-state index contributed by atoms with van der Waals surface area (Å²) >= 11 is 6.15. The van der Waals surface area contributed by atoms with Crippen molar-refractivity contribution in [1.82, 2.24) is 10.3 Å². The standard InChI is InChI=1S/C18H18ClFN2O2/c1-11-4-5-12(14(19)9-11)10-22-17(24)18(20)7-6-15(23)16-13(18)3-2-8-21-16/h2-5,8-9,15,23H,6-7,10H2,1H3,(H,22,24). The lowest BCUT2D eigenvalue weighted by Gasteiger charge is -2.32. The number of aryl methyl sites for hydroxylation is 1. The van der Waals surface area contributed by atoms with Gasteiger partial charge in [0.25, 0.3) is 5.91 Å². The number of pyridine rings is 1. The summed E-state index contributed by atoms with van der Waals surface area (Å²) in [5.41, 5.74) is -0.0919. The zero-order valence-electron chi connectivity index (χ0n) is 13.2. The van der Waals surface area contributed by atoms with E-state index in [0.717, 1.165) is 11.1 Å². The molecule has 0 fully saturated rings. The van der Waals surface area contributed by atoms with E-state index in [9.17, 15) is 9.90 Å². The van der Waals surface area contributed by atoms with Gasteiger partial charge in [-0.15, -0.1) is 0 Å². The largest absolute Gasteiger partial charge is 0.387 e. The molecule has 2 unspecified atom stereocenters. The lowest BCUT2D eigenvalue weighted by atomic mass is 9.81. The van der Waals surface area contributed by atoms with E-state index in [1.807, 2.05) is 19.1 Å². The van der Waals surface area contributed by atoms with Gasteiger partial charge in [-0.05, 0) is 43.0 Å². The SMILES string of the molecule is Cc1ccc(CNC(=O)C2(F)CCC(O)c3ncccc32)c(Cl)c1. The zero-order valence-corrected chi connectivity index (χ0v) is 14.0. The molecule has 4 nitrogen and oxygen atoms in total. The number of hydrogen-bond acceptors (Lipinski definition) is 3. The average Bonchev–Trinajstić information content (AvgIpc) is 2.57. The first kappa shape index (κ1) is 16.9. The van der Waals surface area contributed by atoms with Gasteiger partial charge < -0.3 is 10.4 Å². The van der Waals surface area contributed by atoms with Gasteiger partial charge >= 0.3 is 0 Å². The molecule has 1 aromatic carbocycles. The summed E-state index contributed by atoms with van der Waals surface area (Å²) < 4.78 is 15.4. The first-order valence-corrected chi connectivity index (χ1v) is 8.15. The second-order valence-electron chi connectivity index (χ2n) is 6.07. The molecule has 24 heavy (non-hydrogen) atoms. The van der Waals surface area contributed by atoms with Crippen LogP contribution in [-0.4, -0.2) is 16.0 Å². The van der Waals surface area contributed by atoms with Crippen LogP contribution in [-0.2, 0) is 17.0 Å². The Morgan fingerprint density at radius 3 is 3.04 bits per heavy atom. The highest BCUT2D eigenvalue weighted by Crippen LogP contribution is 2.42. The van der Waals surface area contributed by atoms with E-state index in [0.29, 0.717) is 5.02 Å². The fourth-order valence-corrected chi connectivity index (χ4v) is 3.27. The Bertz CT molecular complexity index is 783. The zero-order chi connectivity index (χ0) is 17.3. The Morgan fingerprint density at radius 2 is 2.29 bits per heavy atom. The van der Waals surface area contributed by atoms with Crippen molar-refractivity contribution < 1.29 is 14.3 Å². The molecule has 1 aliphatic carbocycles. The highest BCUT2D eigenvalue weighted by Gasteiger charge is 2.46. The minimum Gasteiger partial charge on any atom is -0.387 e. The maximum absolute atomic E-state index is 15.4. The predicted octanol–water partition coefficient (Wildman–Crippen LogP) is 3.35. The number of aliphatic hydroxyl groups excluding tert-OH is 1. The van der Waals surface area contributed by atoms with E-state index in [2.05, 4.69) is 10.3 Å². The highest BCUT2D eigenvalue weighted by atomic mass is 35.5. The molecule has 0 saturated heterocycles. The summed E-state index contributed by atoms with van der Waals surface area (Å²) in [6.45, 7) is 2.06. The summed E-state index contributed by atoms with van der Waals surface area (Å²) in [4.78, 5) is 16.5. The molecule has 1 aliphatic rings. The number of fused-ring (bicyclic) bond motifs is 1. The number of amides is 1. The number of benzene rings is 1. The van der Waals surface area contributed by atoms with Crippen molar-refractivity contribution in [3.05, 3.63) is 63.9 Å². The van der Waals surface area contributed by atoms with Crippen molar-refractivity contribution in [3.8, 4) is 0 Å². The molecule has 2 aromatic rings. The number of hydrogen-bond donors (Lipinski definition) is 2. The number of carbonyl (C=O) groups is 1. The monoisotopic (exact) mass is 348 g/mol. The van der Waals surface area contributed by atoms with Gasteiger partial charge in [0.15, 0.2) is 0 Å². The lowest BCUT2D eigenvalue weighted by molar-refractivity contribution is -0.135. The van der Waals surface area contributed by atoms with Crippen LogP contribution in [0.2, 0.25) is 5.02 Å². The first-order valence-electron chi connectivity index (χ1n) is 7.77. The summed E-state index contributed by atoms with van der Waals surface area (Å²) in [7, 11) is 0. The topological polar surface area (TPSA) is 62.2 Å². The van der Waals surface area contributed by atoms with Crippen molar-refractivity contribution in [2.24, 2.45) is 0 Å². The van der Waals surface area contributed by atoms with Gasteiger partial charge in [0.05, 0.1) is 11.8 Å². The molecule has 1 amide bonds. The van der Waals surface area contributed by atoms with Crippen LogP contribution < -0.4 is 5.32 Å². The molecule has 1 aromatic heterocycles. The van der Waals surface area contributed by atoms with Crippen LogP contribution in [0.15, 0.2) is 36.5 Å². The van der Waals surface area contributed by atoms with Crippen LogP contribution in [0.25, 0.3) is 0 Å². The minimum atomic E-state index is -2.19. The number of nitrogens with one attached hydrogen (secondary N) is 1. The van der Waals surface area contributed by atoms with Crippen molar-refractivity contribution in [3.63, 3.8) is 0 Å². The number of nitrogens with zero attached hydrogens (tertiary/aromatic N) is 1. The molecule has 3 rings (SSSR count). The van der Waals surface area contributed by atoms with E-state index in [1.54, 1.807) is 12.1 Å². The molecule has 0 aliphatic heterocycles. The fraction of sp³-hybridized carbons (Fsp3) is 0.333. The Hall–Kier alpha value is -1.98. The quantitative estimate of drug-likeness (QED) is 0.894. The Balaban J connectivity index is 1.81. The number of rotatable bonds is 3. The maximum atomic E-state index is 15.4. The molecule has 2 atom stereocenters. The number of alkyl halides is 1. The molecule has 2 N–H and O–H groups in total. The summed E-state index contributed by atoms with van der Waals surface area (Å²) in [6, 6.07) is 8.56. The van der Waals surface area contributed by atoms with Crippen molar-refractivity contribution in [2.45, 2.75) is 38.1 Å². The van der Waals surface area contributed by atoms with E-state index in [1.165, 1.54) is 12.3 Å². The van der Waals surface area contributed by atoms with Crippen LogP contribution in [0.5, 0.6) is 0 Å². The van der Waals surface area contributed by atoms with Crippen LogP contribution in [0.1, 0.15) is 41.3 Å². The van der Waals surface area contributed by atoms with Crippen molar-refractivity contribution >= 4 is 17.5 Å². The molecular weight excluding hydrogens is 331 g/mol. The number of carbonyl (C=O) groups excluding carboxylic acids is 1. The third kappa shape index (κ3) is 3.01. The van der Waals surface area contributed by atoms with Crippen molar-refractivity contribution in [2.75, 3.05) is 0 Å². The number of aromatic nitrogens is 1. The van der Waals surface area contributed by atoms with Gasteiger partial charge in [0, 0.05) is 23.3 Å². The second kappa shape index (κ2) is 6.49. The third-order valence-electron chi connectivity index (χ3n) is 4.35. The van der Waals surface area contributed by atoms with Gasteiger partial charge in [-0.3, -0.25) is 9.78 Å². The third-order valence-corrected chi connectivity index (χ3v) is 4.70. The number of aliphatic hydroxyl groups is 1. The molecule has 0 saturated carbocycles. The molecule has 126 valence electrons. The van der Waals surface area contributed by atoms with Crippen LogP contribution >= 0.6 is 11.6 Å². The van der Waals surface area contributed by atoms with E-state index in [-0.39, 0.29) is 30.6 Å². The van der Waals surface area contributed by atoms with Gasteiger partial charge in [-0.2, -0.15) is 0 Å². The van der Waals surface area contributed by atoms with Crippen LogP contribution in [0.3, 0.4) is 0 Å². The van der Waals surface area contributed by atoms with Gasteiger partial charge in [0.2, 0.25) is 5.67 Å². The molecule has 6 heteroatoms. The molecule has 1 heterocycles. The summed E-state index contributed by atoms with van der Waals surface area (Å²) in [6.07, 6.45) is 0.710. The van der Waals surface area contributed by atoms with E-state index < -0.39 is 17.7 Å². The molecule has 0 spiro atoms. The molecular formula is C18H18ClFN2O2. The van der Waals surface area contributed by atoms with E-state index >= 15 is 4.39 Å². The Labute approximate surface area is 144 Å². The normalized spacial score (nSPS) is 22.8. The van der Waals surface area contributed by atoms with Crippen LogP contribution in [0, 0.1) is 6.92 Å². The number of halogens is 2. The minimum absolute atomic E-state index is 0.0830. The highest BCUT2D eigenvalue weighted by molar-refractivity contribution is 6.31. The Morgan fingerprint density at radius 1 is 1.50 bits per heavy atom. The lowest BCUT2D eigenvalue weighted by Crippen LogP contribution is -2.44. The van der Waals surface area contributed by atoms with E-state index in [4.69, 9.17) is 11.6 Å². The van der Waals surface area contributed by atoms with Gasteiger partial charge in [0.1, 0.15) is 0 Å². The molecule has 0 radical (unpaired) electrons. The van der Waals surface area contributed by atoms with Crippen LogP contribution in [0.4, 0.5) is 4.39 Å². The molecule has 0 bridgehead atoms. The first-order chi connectivity index (χ1) is 11.4. The summed E-state index contributed by atoms with van der Waals surface area (Å²) in [5, 5.41) is 13.1. The fourth-order valence-electron chi connectivity index (χ4n) is 2.97. The van der Waals surface area contributed by atoms with Gasteiger partial charge in [-0.25, -0.2) is 4.39 Å². The maximum Gasteiger partial charge on any atom is 0.262 e. The van der Waals surface area contributed by atoms with Crippen molar-refractivity contribution in [1.29, 1.82) is 0 Å². The average molecular weight is 349 g/mol. The van der Waals surface area contributed by atoms with Gasteiger partial charge in [-0.1, -0.05) is 29.8 Å². The smallest absolute Gasteiger partial charge is 0.262 e. The second-order valence-corrected chi connectivity index (χ2v) is 6.48. The summed E-state index contributed by atoms with van der Waals surface area (Å²) in [5.74, 6) is -0.736.